The summed E-state index contributed by atoms with van der Waals surface area (Å²) in [6.45, 7) is 6.33. The number of benzene rings is 2. The van der Waals surface area contributed by atoms with Crippen LogP contribution in [0.2, 0.25) is 0 Å². The van der Waals surface area contributed by atoms with E-state index < -0.39 is 0 Å². The molecule has 1 amide bonds. The maximum Gasteiger partial charge on any atom is 0.224 e. The molecule has 0 fully saturated rings. The van der Waals surface area contributed by atoms with Crippen LogP contribution in [0.4, 0.5) is 0 Å². The van der Waals surface area contributed by atoms with E-state index in [-0.39, 0.29) is 5.91 Å². The lowest BCUT2D eigenvalue weighted by molar-refractivity contribution is -0.120. The Labute approximate surface area is 154 Å². The predicted molar refractivity (Wildman–Crippen MR) is 100 cm³/mol. The van der Waals surface area contributed by atoms with Gasteiger partial charge in [0, 0.05) is 0 Å². The first-order valence-corrected chi connectivity index (χ1v) is 9.00. The molecule has 0 saturated carbocycles. The van der Waals surface area contributed by atoms with Crippen molar-refractivity contribution < 1.29 is 19.0 Å². The van der Waals surface area contributed by atoms with Gasteiger partial charge in [0.15, 0.2) is 11.5 Å². The Bertz CT molecular complexity index is 740. The van der Waals surface area contributed by atoms with Gasteiger partial charge in [-0.2, -0.15) is 0 Å². The van der Waals surface area contributed by atoms with E-state index in [1.807, 2.05) is 30.3 Å². The minimum atomic E-state index is -0.0413. The topological polar surface area (TPSA) is 56.8 Å². The van der Waals surface area contributed by atoms with Crippen molar-refractivity contribution in [3.63, 3.8) is 0 Å². The second-order valence-corrected chi connectivity index (χ2v) is 6.58. The normalized spacial score (nSPS) is 12.7. The lowest BCUT2D eigenvalue weighted by atomic mass is 10.0. The molecule has 26 heavy (non-hydrogen) atoms. The molecule has 1 aliphatic heterocycles. The molecule has 138 valence electrons. The second-order valence-electron chi connectivity index (χ2n) is 6.58. The van der Waals surface area contributed by atoms with Gasteiger partial charge >= 0.3 is 0 Å². The predicted octanol–water partition coefficient (Wildman–Crippen LogP) is 3.32. The molecule has 0 aromatic heterocycles. The van der Waals surface area contributed by atoms with Crippen LogP contribution in [0.25, 0.3) is 0 Å². The molecule has 0 atom stereocenters. The molecule has 1 N–H and O–H groups in total. The fraction of sp³-hybridized carbons (Fsp3) is 0.381. The van der Waals surface area contributed by atoms with Crippen LogP contribution in [-0.4, -0.2) is 32.3 Å². The Balaban J connectivity index is 1.40. The fourth-order valence-electron chi connectivity index (χ4n) is 2.75. The summed E-state index contributed by atoms with van der Waals surface area (Å²) in [7, 11) is 0. The average Bonchev–Trinajstić information content (AvgIpc) is 2.65. The van der Waals surface area contributed by atoms with Crippen LogP contribution in [0.3, 0.4) is 0 Å². The standard InChI is InChI=1S/C21H25NO4/c1-15(2)17-4-6-18(7-5-17)24-10-9-22-21(23)14-16-3-8-19-20(13-16)26-12-11-25-19/h3-8,13,15H,9-12,14H2,1-2H3,(H,22,23). The Morgan fingerprint density at radius 2 is 1.81 bits per heavy atom. The highest BCUT2D eigenvalue weighted by atomic mass is 16.6. The third kappa shape index (κ3) is 4.91. The largest absolute Gasteiger partial charge is 0.492 e. The molecule has 1 aliphatic rings. The number of amides is 1. The van der Waals surface area contributed by atoms with Crippen LogP contribution in [0.15, 0.2) is 42.5 Å². The number of hydrogen-bond acceptors (Lipinski definition) is 4. The van der Waals surface area contributed by atoms with Crippen LogP contribution in [-0.2, 0) is 11.2 Å². The first kappa shape index (κ1) is 18.1. The van der Waals surface area contributed by atoms with Crippen molar-refractivity contribution in [1.82, 2.24) is 5.32 Å². The van der Waals surface area contributed by atoms with Gasteiger partial charge in [0.2, 0.25) is 5.91 Å². The van der Waals surface area contributed by atoms with Crippen molar-refractivity contribution in [1.29, 1.82) is 0 Å². The molecule has 0 unspecified atom stereocenters. The van der Waals surface area contributed by atoms with Crippen LogP contribution >= 0.6 is 0 Å². The van der Waals surface area contributed by atoms with Gasteiger partial charge in [-0.1, -0.05) is 32.0 Å². The maximum absolute atomic E-state index is 12.1. The number of carbonyl (C=O) groups excluding carboxylic acids is 1. The van der Waals surface area contributed by atoms with E-state index in [9.17, 15) is 4.79 Å². The monoisotopic (exact) mass is 355 g/mol. The van der Waals surface area contributed by atoms with Gasteiger partial charge in [-0.05, 0) is 41.3 Å². The van der Waals surface area contributed by atoms with Gasteiger partial charge in [0.25, 0.3) is 0 Å². The molecule has 0 radical (unpaired) electrons. The minimum absolute atomic E-state index is 0.0413. The molecule has 5 heteroatoms. The second kappa shape index (κ2) is 8.61. The van der Waals surface area contributed by atoms with Crippen molar-refractivity contribution in [2.45, 2.75) is 26.2 Å². The van der Waals surface area contributed by atoms with Gasteiger partial charge in [-0.15, -0.1) is 0 Å². The van der Waals surface area contributed by atoms with E-state index in [2.05, 4.69) is 31.3 Å². The highest BCUT2D eigenvalue weighted by molar-refractivity contribution is 5.78. The van der Waals surface area contributed by atoms with Gasteiger partial charge in [-0.25, -0.2) is 0 Å². The molecule has 3 rings (SSSR count). The third-order valence-electron chi connectivity index (χ3n) is 4.21. The summed E-state index contributed by atoms with van der Waals surface area (Å²) in [6, 6.07) is 13.7. The number of ether oxygens (including phenoxy) is 3. The third-order valence-corrected chi connectivity index (χ3v) is 4.21. The van der Waals surface area contributed by atoms with E-state index in [1.54, 1.807) is 0 Å². The fourth-order valence-corrected chi connectivity index (χ4v) is 2.75. The first-order chi connectivity index (χ1) is 12.6. The molecule has 0 aliphatic carbocycles. The van der Waals surface area contributed by atoms with Crippen LogP contribution in [0.5, 0.6) is 17.2 Å². The molecule has 0 bridgehead atoms. The van der Waals surface area contributed by atoms with Crippen molar-refractivity contribution in [3.8, 4) is 17.2 Å². The van der Waals surface area contributed by atoms with Gasteiger partial charge in [0.1, 0.15) is 25.6 Å². The molecule has 0 spiro atoms. The zero-order valence-electron chi connectivity index (χ0n) is 15.3. The molecule has 1 heterocycles. The number of fused-ring (bicyclic) bond motifs is 1. The Hall–Kier alpha value is -2.69. The maximum atomic E-state index is 12.1. The van der Waals surface area contributed by atoms with Crippen molar-refractivity contribution in [2.24, 2.45) is 0 Å². The summed E-state index contributed by atoms with van der Waals surface area (Å²) in [5, 5.41) is 2.88. The van der Waals surface area contributed by atoms with E-state index in [0.29, 0.717) is 44.5 Å². The number of carbonyl (C=O) groups is 1. The quantitative estimate of drug-likeness (QED) is 0.774. The lowest BCUT2D eigenvalue weighted by Crippen LogP contribution is -2.29. The molecule has 5 nitrogen and oxygen atoms in total. The van der Waals surface area contributed by atoms with E-state index in [0.717, 1.165) is 17.1 Å². The lowest BCUT2D eigenvalue weighted by Gasteiger charge is -2.18. The van der Waals surface area contributed by atoms with E-state index in [1.165, 1.54) is 5.56 Å². The molecule has 0 saturated heterocycles. The van der Waals surface area contributed by atoms with Gasteiger partial charge in [-0.3, -0.25) is 4.79 Å². The van der Waals surface area contributed by atoms with Gasteiger partial charge in [0.05, 0.1) is 13.0 Å². The van der Waals surface area contributed by atoms with E-state index in [4.69, 9.17) is 14.2 Å². The van der Waals surface area contributed by atoms with Crippen molar-refractivity contribution in [3.05, 3.63) is 53.6 Å². The zero-order chi connectivity index (χ0) is 18.4. The molecule has 2 aromatic carbocycles. The van der Waals surface area contributed by atoms with Gasteiger partial charge < -0.3 is 19.5 Å². The Kier molecular flexibility index (Phi) is 6.00. The molecular weight excluding hydrogens is 330 g/mol. The van der Waals surface area contributed by atoms with Crippen LogP contribution in [0.1, 0.15) is 30.9 Å². The summed E-state index contributed by atoms with van der Waals surface area (Å²) in [5.74, 6) is 2.71. The highest BCUT2D eigenvalue weighted by Crippen LogP contribution is 2.30. The first-order valence-electron chi connectivity index (χ1n) is 9.00. The van der Waals surface area contributed by atoms with E-state index >= 15 is 0 Å². The Morgan fingerprint density at radius 3 is 2.54 bits per heavy atom. The smallest absolute Gasteiger partial charge is 0.224 e. The van der Waals surface area contributed by atoms with Crippen LogP contribution in [0, 0.1) is 0 Å². The highest BCUT2D eigenvalue weighted by Gasteiger charge is 2.13. The zero-order valence-corrected chi connectivity index (χ0v) is 15.3. The number of hydrogen-bond donors (Lipinski definition) is 1. The summed E-state index contributed by atoms with van der Waals surface area (Å²) >= 11 is 0. The van der Waals surface area contributed by atoms with Crippen molar-refractivity contribution >= 4 is 5.91 Å². The molecule has 2 aromatic rings. The molecular formula is C21H25NO4. The minimum Gasteiger partial charge on any atom is -0.492 e. The summed E-state index contributed by atoms with van der Waals surface area (Å²) < 4.78 is 16.7. The number of nitrogens with one attached hydrogen (secondary N) is 1. The van der Waals surface area contributed by atoms with Crippen LogP contribution < -0.4 is 19.5 Å². The number of rotatable bonds is 7. The summed E-state index contributed by atoms with van der Waals surface area (Å²) in [5.41, 5.74) is 2.18. The Morgan fingerprint density at radius 1 is 1.08 bits per heavy atom. The summed E-state index contributed by atoms with van der Waals surface area (Å²) in [6.07, 6.45) is 0.305. The summed E-state index contributed by atoms with van der Waals surface area (Å²) in [4.78, 5) is 12.1. The SMILES string of the molecule is CC(C)c1ccc(OCCNC(=O)Cc2ccc3c(c2)OCCO3)cc1. The average molecular weight is 355 g/mol. The van der Waals surface area contributed by atoms with Crippen molar-refractivity contribution in [2.75, 3.05) is 26.4 Å².